The number of hydrogen-bond donors (Lipinski definition) is 1. The maximum Gasteiger partial charge on any atom is 0.573 e. The average Bonchev–Trinajstić information content (AvgIpc) is 3.10. The molecule has 2 aromatic carbocycles. The van der Waals surface area contributed by atoms with Crippen LogP contribution in [0.25, 0.3) is 0 Å². The summed E-state index contributed by atoms with van der Waals surface area (Å²) in [6, 6.07) is 15.4. The van der Waals surface area contributed by atoms with Crippen LogP contribution >= 0.6 is 11.3 Å². The number of nitrogens with one attached hydrogen (secondary N) is 1. The molecule has 0 radical (unpaired) electrons. The van der Waals surface area contributed by atoms with E-state index in [0.29, 0.717) is 22.8 Å². The summed E-state index contributed by atoms with van der Waals surface area (Å²) in [6.07, 6.45) is -4.77. The van der Waals surface area contributed by atoms with Crippen LogP contribution in [0.4, 0.5) is 18.9 Å². The minimum absolute atomic E-state index is 0.319. The topological polar surface area (TPSA) is 46.0 Å². The molecule has 0 unspecified atom stereocenters. The van der Waals surface area contributed by atoms with Crippen LogP contribution in [-0.4, -0.2) is 17.9 Å². The van der Waals surface area contributed by atoms with Crippen LogP contribution < -0.4 is 10.2 Å². The molecule has 142 valence electrons. The number of aryl methyl sites for hydroxylation is 1. The van der Waals surface area contributed by atoms with Crippen molar-refractivity contribution in [3.05, 3.63) is 81.5 Å². The number of ether oxygens (including phenoxy) is 1. The summed E-state index contributed by atoms with van der Waals surface area (Å²) in [7, 11) is 0. The van der Waals surface area contributed by atoms with E-state index in [1.807, 2.05) is 48.7 Å². The molecule has 1 aromatic heterocycles. The van der Waals surface area contributed by atoms with Crippen LogP contribution in [0.1, 0.15) is 21.6 Å². The lowest BCUT2D eigenvalue weighted by Gasteiger charge is -2.12. The van der Waals surface area contributed by atoms with Crippen molar-refractivity contribution in [2.24, 2.45) is 10.1 Å². The molecule has 1 N–H and O–H groups in total. The van der Waals surface area contributed by atoms with Gasteiger partial charge in [-0.15, -0.1) is 24.5 Å². The number of fused-ring (bicyclic) bond motifs is 1. The molecule has 0 aliphatic carbocycles. The lowest BCUT2D eigenvalue weighted by molar-refractivity contribution is -0.274. The molecular weight excluding hydrogens is 387 g/mol. The standard InChI is InChI=1S/C20H14F3N3OS/c1-12-4-6-13(7-5-12)18-15-11-14(27-20(21,22)23)8-9-16(15)24-19(26-25-18)17-3-2-10-28-17/h2-11H,1H3,(H,24,26). The number of nitrogens with zero attached hydrogens (tertiary/aromatic N) is 2. The third kappa shape index (κ3) is 3.91. The second kappa shape index (κ2) is 7.12. The van der Waals surface area contributed by atoms with Crippen LogP contribution in [0.2, 0.25) is 0 Å². The Hall–Kier alpha value is -3.13. The summed E-state index contributed by atoms with van der Waals surface area (Å²) in [5, 5.41) is 6.36. The van der Waals surface area contributed by atoms with E-state index >= 15 is 0 Å². The Labute approximate surface area is 163 Å². The Morgan fingerprint density at radius 3 is 2.50 bits per heavy atom. The Bertz CT molecular complexity index is 1060. The normalized spacial score (nSPS) is 13.7. The second-order valence-electron chi connectivity index (χ2n) is 6.10. The van der Waals surface area contributed by atoms with Gasteiger partial charge in [0.25, 0.3) is 0 Å². The van der Waals surface area contributed by atoms with Crippen molar-refractivity contribution >= 4 is 28.6 Å². The highest BCUT2D eigenvalue weighted by molar-refractivity contribution is 7.12. The van der Waals surface area contributed by atoms with E-state index in [4.69, 9.17) is 0 Å². The fourth-order valence-corrected chi connectivity index (χ4v) is 3.43. The van der Waals surface area contributed by atoms with Crippen molar-refractivity contribution < 1.29 is 17.9 Å². The molecule has 28 heavy (non-hydrogen) atoms. The predicted molar refractivity (Wildman–Crippen MR) is 104 cm³/mol. The minimum Gasteiger partial charge on any atom is -0.406 e. The number of rotatable bonds is 3. The predicted octanol–water partition coefficient (Wildman–Crippen LogP) is 5.39. The van der Waals surface area contributed by atoms with Gasteiger partial charge in [-0.05, 0) is 36.6 Å². The SMILES string of the molecule is Cc1ccc(C2=NNC(c3cccs3)=Nc3ccc(OC(F)(F)F)cc32)cc1. The van der Waals surface area contributed by atoms with E-state index in [0.717, 1.165) is 16.0 Å². The molecule has 3 aromatic rings. The molecule has 1 aliphatic heterocycles. The van der Waals surface area contributed by atoms with E-state index in [-0.39, 0.29) is 5.75 Å². The maximum absolute atomic E-state index is 12.7. The van der Waals surface area contributed by atoms with Gasteiger partial charge in [0, 0.05) is 11.1 Å². The van der Waals surface area contributed by atoms with Gasteiger partial charge in [-0.1, -0.05) is 35.9 Å². The Balaban J connectivity index is 1.85. The van der Waals surface area contributed by atoms with Crippen LogP contribution in [0.15, 0.2) is 70.1 Å². The van der Waals surface area contributed by atoms with Gasteiger partial charge in [-0.25, -0.2) is 4.99 Å². The lowest BCUT2D eigenvalue weighted by atomic mass is 9.99. The van der Waals surface area contributed by atoms with Crippen LogP contribution in [-0.2, 0) is 0 Å². The number of halogens is 3. The van der Waals surface area contributed by atoms with E-state index in [1.165, 1.54) is 29.5 Å². The first-order valence-electron chi connectivity index (χ1n) is 8.32. The van der Waals surface area contributed by atoms with Crippen molar-refractivity contribution in [1.82, 2.24) is 5.43 Å². The van der Waals surface area contributed by atoms with E-state index in [2.05, 4.69) is 20.3 Å². The quantitative estimate of drug-likeness (QED) is 0.640. The van der Waals surface area contributed by atoms with Crippen LogP contribution in [0.5, 0.6) is 5.75 Å². The first-order chi connectivity index (χ1) is 13.4. The summed E-state index contributed by atoms with van der Waals surface area (Å²) in [5.74, 6) is 0.212. The highest BCUT2D eigenvalue weighted by atomic mass is 32.1. The summed E-state index contributed by atoms with van der Waals surface area (Å²) >= 11 is 1.49. The smallest absolute Gasteiger partial charge is 0.406 e. The largest absolute Gasteiger partial charge is 0.573 e. The molecular formula is C20H14F3N3OS. The monoisotopic (exact) mass is 401 g/mol. The fraction of sp³-hybridized carbons (Fsp3) is 0.100. The Kier molecular flexibility index (Phi) is 4.64. The molecule has 0 saturated carbocycles. The molecule has 4 rings (SSSR count). The zero-order chi connectivity index (χ0) is 19.7. The zero-order valence-electron chi connectivity index (χ0n) is 14.6. The van der Waals surface area contributed by atoms with Gasteiger partial charge in [-0.2, -0.15) is 5.10 Å². The van der Waals surface area contributed by atoms with Gasteiger partial charge >= 0.3 is 6.36 Å². The highest BCUT2D eigenvalue weighted by Gasteiger charge is 2.31. The van der Waals surface area contributed by atoms with Crippen molar-refractivity contribution in [1.29, 1.82) is 0 Å². The fourth-order valence-electron chi connectivity index (χ4n) is 2.77. The molecule has 0 fully saturated rings. The number of benzene rings is 2. The molecule has 8 heteroatoms. The van der Waals surface area contributed by atoms with E-state index < -0.39 is 6.36 Å². The van der Waals surface area contributed by atoms with Crippen LogP contribution in [0.3, 0.4) is 0 Å². The number of hydrazone groups is 1. The van der Waals surface area contributed by atoms with Gasteiger partial charge in [0.15, 0.2) is 5.84 Å². The number of amidine groups is 1. The second-order valence-corrected chi connectivity index (χ2v) is 7.05. The van der Waals surface area contributed by atoms with E-state index in [1.54, 1.807) is 0 Å². The lowest BCUT2D eigenvalue weighted by Crippen LogP contribution is -2.19. The summed E-state index contributed by atoms with van der Waals surface area (Å²) in [4.78, 5) is 5.45. The highest BCUT2D eigenvalue weighted by Crippen LogP contribution is 2.32. The first kappa shape index (κ1) is 18.2. The molecule has 0 spiro atoms. The summed E-state index contributed by atoms with van der Waals surface area (Å²) in [6.45, 7) is 1.96. The molecule has 0 bridgehead atoms. The molecule has 0 saturated heterocycles. The number of aliphatic imine (C=N–C) groups is 1. The molecule has 0 amide bonds. The molecule has 2 heterocycles. The van der Waals surface area contributed by atoms with Gasteiger partial charge in [0.1, 0.15) is 11.5 Å². The molecule has 4 nitrogen and oxygen atoms in total. The minimum atomic E-state index is -4.77. The summed E-state index contributed by atoms with van der Waals surface area (Å²) < 4.78 is 42.1. The first-order valence-corrected chi connectivity index (χ1v) is 9.20. The summed E-state index contributed by atoms with van der Waals surface area (Å²) in [5.41, 5.74) is 6.20. The zero-order valence-corrected chi connectivity index (χ0v) is 15.4. The Morgan fingerprint density at radius 2 is 1.82 bits per heavy atom. The third-order valence-electron chi connectivity index (χ3n) is 4.04. The average molecular weight is 401 g/mol. The van der Waals surface area contributed by atoms with Gasteiger partial charge < -0.3 is 4.74 Å². The molecule has 1 aliphatic rings. The molecule has 0 atom stereocenters. The van der Waals surface area contributed by atoms with Crippen molar-refractivity contribution in [3.8, 4) is 5.75 Å². The van der Waals surface area contributed by atoms with Crippen molar-refractivity contribution in [3.63, 3.8) is 0 Å². The van der Waals surface area contributed by atoms with Gasteiger partial charge in [0.2, 0.25) is 0 Å². The third-order valence-corrected chi connectivity index (χ3v) is 4.92. The van der Waals surface area contributed by atoms with Gasteiger partial charge in [0.05, 0.1) is 10.6 Å². The number of alkyl halides is 3. The number of thiophene rings is 1. The van der Waals surface area contributed by atoms with Gasteiger partial charge in [-0.3, -0.25) is 5.43 Å². The van der Waals surface area contributed by atoms with Crippen molar-refractivity contribution in [2.75, 3.05) is 0 Å². The van der Waals surface area contributed by atoms with Crippen LogP contribution in [0, 0.1) is 6.92 Å². The number of hydrogen-bond acceptors (Lipinski definition) is 5. The Morgan fingerprint density at radius 1 is 1.04 bits per heavy atom. The van der Waals surface area contributed by atoms with E-state index in [9.17, 15) is 13.2 Å². The van der Waals surface area contributed by atoms with Crippen molar-refractivity contribution in [2.45, 2.75) is 13.3 Å². The maximum atomic E-state index is 12.7.